The largest absolute Gasteiger partial charge is 0.492 e. The van der Waals surface area contributed by atoms with E-state index in [1.54, 1.807) is 0 Å². The predicted molar refractivity (Wildman–Crippen MR) is 39.6 cm³/mol. The third-order valence-electron chi connectivity index (χ3n) is 1.44. The minimum atomic E-state index is -5.13. The molecule has 1 aromatic rings. The third-order valence-corrected chi connectivity index (χ3v) is 1.44. The molecule has 4 N–H and O–H groups in total. The SMILES string of the molecule is O=C(Nc1cc(O)n(O)c1O)C(F)(F)F. The smallest absolute Gasteiger partial charge is 0.471 e. The fourth-order valence-corrected chi connectivity index (χ4v) is 0.763. The van der Waals surface area contributed by atoms with Gasteiger partial charge in [0.05, 0.1) is 0 Å². The highest BCUT2D eigenvalue weighted by atomic mass is 19.4. The van der Waals surface area contributed by atoms with Gasteiger partial charge in [0.1, 0.15) is 5.69 Å². The summed E-state index contributed by atoms with van der Waals surface area (Å²) in [6.07, 6.45) is -5.13. The maximum Gasteiger partial charge on any atom is 0.471 e. The van der Waals surface area contributed by atoms with E-state index in [0.717, 1.165) is 0 Å². The summed E-state index contributed by atoms with van der Waals surface area (Å²) in [6.45, 7) is 0. The first-order chi connectivity index (χ1) is 6.73. The van der Waals surface area contributed by atoms with Crippen molar-refractivity contribution < 1.29 is 33.4 Å². The summed E-state index contributed by atoms with van der Waals surface area (Å²) < 4.78 is 35.1. The lowest BCUT2D eigenvalue weighted by atomic mass is 10.4. The molecule has 0 saturated carbocycles. The molecule has 0 fully saturated rings. The van der Waals surface area contributed by atoms with E-state index in [-0.39, 0.29) is 4.73 Å². The molecule has 84 valence electrons. The van der Waals surface area contributed by atoms with Gasteiger partial charge in [0.15, 0.2) is 0 Å². The van der Waals surface area contributed by atoms with E-state index in [1.165, 1.54) is 5.32 Å². The fraction of sp³-hybridized carbons (Fsp3) is 0.167. The van der Waals surface area contributed by atoms with Crippen molar-refractivity contribution >= 4 is 11.6 Å². The molecule has 15 heavy (non-hydrogen) atoms. The summed E-state index contributed by atoms with van der Waals surface area (Å²) in [6, 6.07) is 0.555. The van der Waals surface area contributed by atoms with Gasteiger partial charge in [-0.05, 0) is 0 Å². The molecule has 1 heterocycles. The van der Waals surface area contributed by atoms with Crippen LogP contribution in [0.2, 0.25) is 0 Å². The summed E-state index contributed by atoms with van der Waals surface area (Å²) in [7, 11) is 0. The van der Waals surface area contributed by atoms with Crippen molar-refractivity contribution in [3.63, 3.8) is 0 Å². The topological polar surface area (TPSA) is 94.7 Å². The Morgan fingerprint density at radius 1 is 1.40 bits per heavy atom. The summed E-state index contributed by atoms with van der Waals surface area (Å²) in [5, 5.41) is 27.6. The van der Waals surface area contributed by atoms with E-state index < -0.39 is 29.5 Å². The molecule has 0 unspecified atom stereocenters. The number of aromatic hydroxyl groups is 2. The predicted octanol–water partition coefficient (Wildman–Crippen LogP) is 0.637. The third kappa shape index (κ3) is 2.06. The number of anilines is 1. The first-order valence-electron chi connectivity index (χ1n) is 3.44. The van der Waals surface area contributed by atoms with Crippen LogP contribution in [0, 0.1) is 0 Å². The first-order valence-corrected chi connectivity index (χ1v) is 3.44. The van der Waals surface area contributed by atoms with E-state index in [9.17, 15) is 18.0 Å². The van der Waals surface area contributed by atoms with E-state index in [4.69, 9.17) is 15.4 Å². The minimum Gasteiger partial charge on any atom is -0.492 e. The summed E-state index contributed by atoms with van der Waals surface area (Å²) >= 11 is 0. The standard InChI is InChI=1S/C6H5F3N2O4/c7-6(8,9)5(14)10-2-1-3(12)11(15)4(2)13/h1,12-13,15H,(H,10,14). The van der Waals surface area contributed by atoms with Crippen molar-refractivity contribution in [2.75, 3.05) is 5.32 Å². The molecule has 6 nitrogen and oxygen atoms in total. The summed E-state index contributed by atoms with van der Waals surface area (Å²) in [5.74, 6) is -4.35. The Morgan fingerprint density at radius 3 is 2.27 bits per heavy atom. The lowest BCUT2D eigenvalue weighted by molar-refractivity contribution is -0.167. The molecule has 1 amide bonds. The highest BCUT2D eigenvalue weighted by Gasteiger charge is 2.39. The van der Waals surface area contributed by atoms with Crippen molar-refractivity contribution in [2.24, 2.45) is 0 Å². The highest BCUT2D eigenvalue weighted by Crippen LogP contribution is 2.31. The second kappa shape index (κ2) is 3.26. The number of halogens is 3. The molecule has 0 aliphatic carbocycles. The highest BCUT2D eigenvalue weighted by molar-refractivity contribution is 5.96. The van der Waals surface area contributed by atoms with Crippen LogP contribution >= 0.6 is 0 Å². The van der Waals surface area contributed by atoms with Gasteiger partial charge >= 0.3 is 12.1 Å². The molecule has 1 aromatic heterocycles. The Hall–Kier alpha value is -2.06. The van der Waals surface area contributed by atoms with Crippen molar-refractivity contribution in [3.05, 3.63) is 6.07 Å². The number of aromatic nitrogens is 1. The van der Waals surface area contributed by atoms with Crippen molar-refractivity contribution in [1.82, 2.24) is 4.73 Å². The Bertz CT molecular complexity index is 398. The number of amides is 1. The molecule has 0 aliphatic rings. The first kappa shape index (κ1) is 11.0. The van der Waals surface area contributed by atoms with Crippen molar-refractivity contribution in [1.29, 1.82) is 0 Å². The normalized spacial score (nSPS) is 11.4. The quantitative estimate of drug-likeness (QED) is 0.528. The zero-order valence-electron chi connectivity index (χ0n) is 6.91. The zero-order valence-corrected chi connectivity index (χ0v) is 6.91. The molecule has 0 saturated heterocycles. The lowest BCUT2D eigenvalue weighted by Crippen LogP contribution is -2.29. The van der Waals surface area contributed by atoms with Gasteiger partial charge in [-0.2, -0.15) is 13.2 Å². The van der Waals surface area contributed by atoms with Gasteiger partial charge in [0.25, 0.3) is 5.88 Å². The van der Waals surface area contributed by atoms with Crippen LogP contribution in [0.15, 0.2) is 6.07 Å². The Labute approximate surface area is 80.1 Å². The van der Waals surface area contributed by atoms with Crippen LogP contribution in [0.4, 0.5) is 18.9 Å². The molecule has 0 aromatic carbocycles. The van der Waals surface area contributed by atoms with Crippen LogP contribution in [-0.4, -0.2) is 32.2 Å². The Kier molecular flexibility index (Phi) is 2.39. The van der Waals surface area contributed by atoms with Crippen molar-refractivity contribution in [2.45, 2.75) is 6.18 Å². The van der Waals surface area contributed by atoms with Crippen LogP contribution in [-0.2, 0) is 4.79 Å². The zero-order chi connectivity index (χ0) is 11.8. The van der Waals surface area contributed by atoms with Crippen LogP contribution in [0.25, 0.3) is 0 Å². The maximum atomic E-state index is 11.7. The molecular formula is C6H5F3N2O4. The van der Waals surface area contributed by atoms with E-state index in [1.807, 2.05) is 0 Å². The number of alkyl halides is 3. The van der Waals surface area contributed by atoms with Crippen LogP contribution < -0.4 is 5.32 Å². The summed E-state index contributed by atoms with van der Waals surface area (Å²) in [5.41, 5.74) is -0.752. The minimum absolute atomic E-state index is 0.189. The maximum absolute atomic E-state index is 11.7. The molecule has 0 aliphatic heterocycles. The molecule has 0 radical (unpaired) electrons. The van der Waals surface area contributed by atoms with E-state index >= 15 is 0 Å². The van der Waals surface area contributed by atoms with Crippen molar-refractivity contribution in [3.8, 4) is 11.8 Å². The molecule has 1 rings (SSSR count). The monoisotopic (exact) mass is 226 g/mol. The van der Waals surface area contributed by atoms with Crippen LogP contribution in [0.3, 0.4) is 0 Å². The van der Waals surface area contributed by atoms with Gasteiger partial charge in [0, 0.05) is 6.07 Å². The van der Waals surface area contributed by atoms with E-state index in [2.05, 4.69) is 0 Å². The second-order valence-electron chi connectivity index (χ2n) is 2.50. The number of hydrogen-bond acceptors (Lipinski definition) is 4. The van der Waals surface area contributed by atoms with Crippen LogP contribution in [0.5, 0.6) is 11.8 Å². The number of carbonyl (C=O) groups is 1. The van der Waals surface area contributed by atoms with Gasteiger partial charge in [0.2, 0.25) is 5.88 Å². The molecular weight excluding hydrogens is 221 g/mol. The molecule has 0 spiro atoms. The number of hydrogen-bond donors (Lipinski definition) is 4. The second-order valence-corrected chi connectivity index (χ2v) is 2.50. The Balaban J connectivity index is 2.91. The Morgan fingerprint density at radius 2 is 1.93 bits per heavy atom. The number of nitrogens with zero attached hydrogens (tertiary/aromatic N) is 1. The molecule has 0 atom stereocenters. The van der Waals surface area contributed by atoms with Gasteiger partial charge in [-0.15, -0.1) is 4.73 Å². The van der Waals surface area contributed by atoms with Gasteiger partial charge in [-0.1, -0.05) is 0 Å². The molecule has 0 bridgehead atoms. The van der Waals surface area contributed by atoms with Gasteiger partial charge in [-0.25, -0.2) is 0 Å². The number of rotatable bonds is 1. The average molecular weight is 226 g/mol. The van der Waals surface area contributed by atoms with E-state index in [0.29, 0.717) is 6.07 Å². The fourth-order valence-electron chi connectivity index (χ4n) is 0.763. The number of nitrogens with one attached hydrogen (secondary N) is 1. The average Bonchev–Trinajstić information content (AvgIpc) is 2.32. The number of carbonyl (C=O) groups excluding carboxylic acids is 1. The van der Waals surface area contributed by atoms with Crippen LogP contribution in [0.1, 0.15) is 0 Å². The van der Waals surface area contributed by atoms with Gasteiger partial charge in [-0.3, -0.25) is 4.79 Å². The summed E-state index contributed by atoms with van der Waals surface area (Å²) in [4.78, 5) is 10.4. The lowest BCUT2D eigenvalue weighted by Gasteiger charge is -2.05. The molecule has 9 heteroatoms. The van der Waals surface area contributed by atoms with Gasteiger partial charge < -0.3 is 20.7 Å².